The number of fused-ring (bicyclic) bond motifs is 2. The van der Waals surface area contributed by atoms with Crippen LogP contribution in [-0.2, 0) is 9.47 Å². The highest BCUT2D eigenvalue weighted by atomic mass is 35.5. The largest absolute Gasteiger partial charge is 0.443 e. The lowest BCUT2D eigenvalue weighted by Gasteiger charge is -2.27. The molecule has 2 fully saturated rings. The van der Waals surface area contributed by atoms with E-state index in [0.717, 1.165) is 31.2 Å². The van der Waals surface area contributed by atoms with E-state index < -0.39 is 23.4 Å². The van der Waals surface area contributed by atoms with E-state index in [1.165, 1.54) is 26.3 Å². The van der Waals surface area contributed by atoms with Gasteiger partial charge >= 0.3 is 12.2 Å². The first-order valence-corrected chi connectivity index (χ1v) is 16.8. The maximum Gasteiger partial charge on any atom is 0.416 e. The summed E-state index contributed by atoms with van der Waals surface area (Å²) in [7, 11) is 0. The van der Waals surface area contributed by atoms with Gasteiger partial charge in [-0.15, -0.1) is 0 Å². The van der Waals surface area contributed by atoms with Gasteiger partial charge < -0.3 is 9.47 Å². The molecule has 0 bridgehead atoms. The van der Waals surface area contributed by atoms with Crippen LogP contribution in [0.5, 0.6) is 0 Å². The Morgan fingerprint density at radius 3 is 1.65 bits per heavy atom. The van der Waals surface area contributed by atoms with Crippen molar-refractivity contribution in [1.29, 1.82) is 0 Å². The molecular weight excluding hydrogens is 678 g/mol. The second-order valence-electron chi connectivity index (χ2n) is 14.2. The highest BCUT2D eigenvalue weighted by Gasteiger charge is 2.39. The van der Waals surface area contributed by atoms with Crippen LogP contribution in [0.15, 0.2) is 49.1 Å². The lowest BCUT2D eigenvalue weighted by atomic mass is 10.2. The molecular formula is C35H38ClN9O6. The number of hydrogen-bond donors (Lipinski definition) is 0. The van der Waals surface area contributed by atoms with Gasteiger partial charge in [-0.2, -0.15) is 19.2 Å². The second-order valence-corrected chi connectivity index (χ2v) is 14.6. The zero-order valence-electron chi connectivity index (χ0n) is 29.1. The summed E-state index contributed by atoms with van der Waals surface area (Å²) in [6.07, 6.45) is 10.2. The summed E-state index contributed by atoms with van der Waals surface area (Å²) < 4.78 is 14.1. The van der Waals surface area contributed by atoms with Crippen LogP contribution >= 0.6 is 11.6 Å². The Bertz CT molecular complexity index is 2110. The highest BCUT2D eigenvalue weighted by Crippen LogP contribution is 2.36. The normalized spacial score (nSPS) is 14.4. The molecule has 0 unspecified atom stereocenters. The van der Waals surface area contributed by atoms with Gasteiger partial charge in [-0.05, 0) is 79.4 Å². The minimum Gasteiger partial charge on any atom is -0.443 e. The van der Waals surface area contributed by atoms with Crippen LogP contribution in [0.25, 0.3) is 22.6 Å². The number of carbonyl (C=O) groups excluding carboxylic acids is 4. The summed E-state index contributed by atoms with van der Waals surface area (Å²) in [5, 5.41) is 8.64. The van der Waals surface area contributed by atoms with Gasteiger partial charge in [0.15, 0.2) is 23.9 Å². The number of hydrogen-bond acceptors (Lipinski definition) is 11. The molecule has 5 heterocycles. The number of aromatic nitrogens is 7. The number of pyridine rings is 1. The fourth-order valence-electron chi connectivity index (χ4n) is 5.23. The zero-order chi connectivity index (χ0) is 36.7. The van der Waals surface area contributed by atoms with Crippen molar-refractivity contribution in [2.45, 2.75) is 90.5 Å². The third-order valence-corrected chi connectivity index (χ3v) is 7.85. The van der Waals surface area contributed by atoms with Crippen LogP contribution in [0.1, 0.15) is 87.9 Å². The van der Waals surface area contributed by atoms with Gasteiger partial charge in [0.25, 0.3) is 0 Å². The van der Waals surface area contributed by atoms with Gasteiger partial charge in [0.05, 0.1) is 29.2 Å². The van der Waals surface area contributed by atoms with Gasteiger partial charge in [-0.3, -0.25) is 24.4 Å². The number of anilines is 2. The van der Waals surface area contributed by atoms with Crippen molar-refractivity contribution in [3.05, 3.63) is 65.3 Å². The predicted molar refractivity (Wildman–Crippen MR) is 188 cm³/mol. The number of nitrogens with zero attached hydrogens (tertiary/aromatic N) is 9. The van der Waals surface area contributed by atoms with Crippen LogP contribution < -0.4 is 9.80 Å². The van der Waals surface area contributed by atoms with Crippen LogP contribution in [-0.4, -0.2) is 82.2 Å². The Kier molecular flexibility index (Phi) is 9.51. The first-order chi connectivity index (χ1) is 24.2. The number of rotatable bonds is 7. The Morgan fingerprint density at radius 2 is 1.22 bits per heavy atom. The molecule has 0 saturated heterocycles. The van der Waals surface area contributed by atoms with E-state index in [1.807, 2.05) is 53.7 Å². The quantitative estimate of drug-likeness (QED) is 0.131. The number of amides is 2. The molecule has 2 saturated carbocycles. The van der Waals surface area contributed by atoms with E-state index in [2.05, 4.69) is 25.1 Å². The van der Waals surface area contributed by atoms with E-state index in [4.69, 9.17) is 21.1 Å². The molecule has 0 N–H and O–H groups in total. The van der Waals surface area contributed by atoms with Crippen LogP contribution in [0.4, 0.5) is 21.2 Å². The van der Waals surface area contributed by atoms with Crippen LogP contribution in [0.2, 0.25) is 5.15 Å². The fourth-order valence-corrected chi connectivity index (χ4v) is 5.40. The van der Waals surface area contributed by atoms with Crippen molar-refractivity contribution >= 4 is 59.3 Å². The van der Waals surface area contributed by atoms with E-state index in [0.29, 0.717) is 52.3 Å². The molecule has 266 valence electrons. The predicted octanol–water partition coefficient (Wildman–Crippen LogP) is 6.61. The molecule has 7 rings (SSSR count). The summed E-state index contributed by atoms with van der Waals surface area (Å²) in [4.78, 5) is 64.0. The summed E-state index contributed by atoms with van der Waals surface area (Å²) in [5.41, 5.74) is 1.61. The van der Waals surface area contributed by atoms with Crippen molar-refractivity contribution in [2.75, 3.05) is 9.80 Å². The summed E-state index contributed by atoms with van der Waals surface area (Å²) >= 11 is 6.07. The highest BCUT2D eigenvalue weighted by molar-refractivity contribution is 6.30. The molecule has 0 radical (unpaired) electrons. The van der Waals surface area contributed by atoms with Gasteiger partial charge in [0.2, 0.25) is 0 Å². The molecule has 5 aromatic heterocycles. The van der Waals surface area contributed by atoms with Crippen molar-refractivity contribution in [3.63, 3.8) is 0 Å². The fraction of sp³-hybridized carbons (Fsp3) is 0.400. The van der Waals surface area contributed by atoms with E-state index in [1.54, 1.807) is 29.4 Å². The van der Waals surface area contributed by atoms with Crippen LogP contribution in [0, 0.1) is 0 Å². The molecule has 5 aromatic rings. The molecule has 0 spiro atoms. The lowest BCUT2D eigenvalue weighted by Crippen LogP contribution is -2.39. The minimum atomic E-state index is -0.623. The second kappa shape index (κ2) is 13.7. The van der Waals surface area contributed by atoms with E-state index in [9.17, 15) is 19.2 Å². The van der Waals surface area contributed by atoms with Gasteiger partial charge in [-0.1, -0.05) is 11.6 Å². The number of carbonyl (C=O) groups is 4. The molecule has 0 aromatic carbocycles. The molecule has 16 heteroatoms. The molecule has 51 heavy (non-hydrogen) atoms. The monoisotopic (exact) mass is 715 g/mol. The standard InChI is InChI=1S/C20H21N5O3.C15H17ClN4O3/c1-20(2,3)28-19(27)24(15-4-5-15)17-10-16(13-6-8-21-9-7-13)23-18-14(12-26)11-22-25(17)18;1-15(2,3)23-14(22)19(10-4-5-10)12-6-11(16)18-13-9(8-21)7-17-20(12)13/h6-12,15H,4-5H2,1-3H3;6-8,10H,4-5H2,1-3H3. The maximum absolute atomic E-state index is 13.0. The van der Waals surface area contributed by atoms with Crippen molar-refractivity contribution in [3.8, 4) is 11.3 Å². The Labute approximate surface area is 298 Å². The minimum absolute atomic E-state index is 0.0367. The average Bonchev–Trinajstić information content (AvgIpc) is 3.99. The maximum atomic E-state index is 13.0. The Hall–Kier alpha value is -5.44. The number of aldehydes is 2. The average molecular weight is 716 g/mol. The summed E-state index contributed by atoms with van der Waals surface area (Å²) in [5.74, 6) is 0.978. The van der Waals surface area contributed by atoms with E-state index >= 15 is 0 Å². The summed E-state index contributed by atoms with van der Waals surface area (Å²) in [6, 6.07) is 7.08. The Morgan fingerprint density at radius 1 is 0.765 bits per heavy atom. The van der Waals surface area contributed by atoms with Gasteiger partial charge in [-0.25, -0.2) is 19.6 Å². The van der Waals surface area contributed by atoms with Crippen molar-refractivity contribution < 1.29 is 28.7 Å². The number of ether oxygens (including phenoxy) is 2. The van der Waals surface area contributed by atoms with Gasteiger partial charge in [0, 0.05) is 42.2 Å². The Balaban J connectivity index is 0.000000179. The zero-order valence-corrected chi connectivity index (χ0v) is 29.9. The molecule has 2 amide bonds. The SMILES string of the molecule is CC(C)(C)OC(=O)N(c1cc(-c2ccncc2)nc2c(C=O)cnn12)C1CC1.CC(C)(C)OC(=O)N(c1cc(Cl)nc2c(C=O)cnn12)C1CC1. The molecule has 0 aliphatic heterocycles. The van der Waals surface area contributed by atoms with Gasteiger partial charge in [0.1, 0.15) is 28.0 Å². The van der Waals surface area contributed by atoms with Crippen molar-refractivity contribution in [1.82, 2.24) is 34.2 Å². The molecule has 15 nitrogen and oxygen atoms in total. The first-order valence-electron chi connectivity index (χ1n) is 16.5. The smallest absolute Gasteiger partial charge is 0.416 e. The first kappa shape index (κ1) is 35.4. The lowest BCUT2D eigenvalue weighted by molar-refractivity contribution is 0.0564. The molecule has 2 aliphatic rings. The summed E-state index contributed by atoms with van der Waals surface area (Å²) in [6.45, 7) is 10.9. The third-order valence-electron chi connectivity index (χ3n) is 7.66. The number of halogens is 1. The third kappa shape index (κ3) is 7.98. The molecule has 0 atom stereocenters. The topological polar surface area (TPSA) is 166 Å². The molecule has 2 aliphatic carbocycles. The van der Waals surface area contributed by atoms with E-state index in [-0.39, 0.29) is 17.2 Å². The van der Waals surface area contributed by atoms with Crippen molar-refractivity contribution in [2.24, 2.45) is 0 Å². The van der Waals surface area contributed by atoms with Crippen LogP contribution in [0.3, 0.4) is 0 Å².